The second-order valence-electron chi connectivity index (χ2n) is 10.3. The molecule has 0 amide bonds. The minimum atomic E-state index is -1.30. The molecule has 0 bridgehead atoms. The maximum Gasteiger partial charge on any atom is 0.341 e. The highest BCUT2D eigenvalue weighted by molar-refractivity contribution is 6.34. The summed E-state index contributed by atoms with van der Waals surface area (Å²) in [6, 6.07) is 10.8. The number of pyridine rings is 3. The van der Waals surface area contributed by atoms with Gasteiger partial charge in [-0.05, 0) is 56.3 Å². The van der Waals surface area contributed by atoms with Crippen molar-refractivity contribution in [2.24, 2.45) is 0 Å². The molecule has 3 aromatic heterocycles. The molecule has 0 unspecified atom stereocenters. The second-order valence-corrected chi connectivity index (χ2v) is 11.1. The Morgan fingerprint density at radius 1 is 1.15 bits per heavy atom. The van der Waals surface area contributed by atoms with Gasteiger partial charge in [0.25, 0.3) is 0 Å². The van der Waals surface area contributed by atoms with Gasteiger partial charge in [-0.2, -0.15) is 0 Å². The number of ether oxygens (including phenoxy) is 1. The van der Waals surface area contributed by atoms with Gasteiger partial charge in [-0.25, -0.2) is 9.78 Å². The molecule has 206 valence electrons. The molecular weight excluding hydrogens is 553 g/mol. The second kappa shape index (κ2) is 10.7. The average molecular weight is 580 g/mol. The van der Waals surface area contributed by atoms with Crippen LogP contribution < -0.4 is 15.1 Å². The lowest BCUT2D eigenvalue weighted by molar-refractivity contribution is 0.0695. The Balaban J connectivity index is 1.39. The Hall–Kier alpha value is -3.66. The molecule has 2 aliphatic heterocycles. The number of halogens is 2. The molecule has 1 atom stereocenters. The number of carboxylic acids is 1. The lowest BCUT2D eigenvalue weighted by atomic mass is 9.96. The lowest BCUT2D eigenvalue weighted by Gasteiger charge is -2.35. The average Bonchev–Trinajstić information content (AvgIpc) is 3.39. The van der Waals surface area contributed by atoms with Crippen molar-refractivity contribution < 1.29 is 14.6 Å². The molecule has 9 nitrogen and oxygen atoms in total. The van der Waals surface area contributed by atoms with Gasteiger partial charge in [0.05, 0.1) is 34.2 Å². The zero-order valence-electron chi connectivity index (χ0n) is 21.8. The monoisotopic (exact) mass is 579 g/mol. The maximum atomic E-state index is 13.2. The number of rotatable bonds is 7. The lowest BCUT2D eigenvalue weighted by Crippen LogP contribution is -2.42. The Bertz CT molecular complexity index is 1650. The van der Waals surface area contributed by atoms with Crippen molar-refractivity contribution in [3.05, 3.63) is 86.5 Å². The van der Waals surface area contributed by atoms with Gasteiger partial charge in [0, 0.05) is 49.0 Å². The van der Waals surface area contributed by atoms with E-state index in [1.807, 2.05) is 18.2 Å². The van der Waals surface area contributed by atoms with Crippen LogP contribution in [-0.4, -0.2) is 69.8 Å². The third kappa shape index (κ3) is 4.89. The highest BCUT2D eigenvalue weighted by Crippen LogP contribution is 2.36. The number of carboxylic acid groups (broad SMARTS) is 1. The smallest absolute Gasteiger partial charge is 0.341 e. The Morgan fingerprint density at radius 2 is 1.98 bits per heavy atom. The highest BCUT2D eigenvalue weighted by atomic mass is 35.5. The van der Waals surface area contributed by atoms with Gasteiger partial charge in [-0.1, -0.05) is 23.2 Å². The summed E-state index contributed by atoms with van der Waals surface area (Å²) in [5.41, 5.74) is 2.02. The van der Waals surface area contributed by atoms with E-state index in [-0.39, 0.29) is 17.0 Å². The number of fused-ring (bicyclic) bond motifs is 1. The molecule has 0 aliphatic carbocycles. The van der Waals surface area contributed by atoms with Gasteiger partial charge >= 0.3 is 5.97 Å². The molecule has 2 saturated heterocycles. The summed E-state index contributed by atoms with van der Waals surface area (Å²) in [7, 11) is 2.07. The van der Waals surface area contributed by atoms with Crippen LogP contribution in [0.1, 0.15) is 34.8 Å². The van der Waals surface area contributed by atoms with Crippen LogP contribution in [0.25, 0.3) is 16.6 Å². The number of aromatic carboxylic acids is 1. The first kappa shape index (κ1) is 26.6. The van der Waals surface area contributed by atoms with E-state index in [0.717, 1.165) is 43.9 Å². The van der Waals surface area contributed by atoms with Crippen LogP contribution in [0.15, 0.2) is 59.8 Å². The number of anilines is 1. The fourth-order valence-corrected chi connectivity index (χ4v) is 6.01. The van der Waals surface area contributed by atoms with Crippen LogP contribution >= 0.6 is 23.2 Å². The fourth-order valence-electron chi connectivity index (χ4n) is 5.57. The zero-order valence-corrected chi connectivity index (χ0v) is 23.3. The van der Waals surface area contributed by atoms with E-state index in [2.05, 4.69) is 26.8 Å². The van der Waals surface area contributed by atoms with Crippen molar-refractivity contribution in [3.63, 3.8) is 0 Å². The minimum absolute atomic E-state index is 0.00745. The number of aromatic nitrogens is 3. The molecular formula is C29H27Cl2N5O4. The number of hydrogen-bond acceptors (Lipinski definition) is 7. The number of likely N-dealkylation sites (tertiary alicyclic amines) is 1. The summed E-state index contributed by atoms with van der Waals surface area (Å²) in [6.07, 6.45) is 6.54. The van der Waals surface area contributed by atoms with E-state index < -0.39 is 11.4 Å². The van der Waals surface area contributed by atoms with Crippen LogP contribution in [0.3, 0.4) is 0 Å². The SMILES string of the molecule is CN1CC(c2ccc(-n3cc(C(=O)O)c(=O)c4cc(Cl)c(N5CCC[C@@H]5COc5ncccc5Cl)cc43)cn2)C1. The molecule has 11 heteroatoms. The molecule has 6 rings (SSSR count). The van der Waals surface area contributed by atoms with Crippen LogP contribution in [-0.2, 0) is 0 Å². The fraction of sp³-hybridized carbons (Fsp3) is 0.310. The number of benzene rings is 1. The van der Waals surface area contributed by atoms with Crippen molar-refractivity contribution in [1.29, 1.82) is 0 Å². The van der Waals surface area contributed by atoms with Crippen molar-refractivity contribution in [2.45, 2.75) is 24.8 Å². The summed E-state index contributed by atoms with van der Waals surface area (Å²) in [6.45, 7) is 3.01. The van der Waals surface area contributed by atoms with Crippen molar-refractivity contribution in [1.82, 2.24) is 19.4 Å². The zero-order chi connectivity index (χ0) is 28.0. The molecule has 5 heterocycles. The normalized spacial score (nSPS) is 17.8. The predicted molar refractivity (Wildman–Crippen MR) is 155 cm³/mol. The number of nitrogens with zero attached hydrogens (tertiary/aromatic N) is 5. The Morgan fingerprint density at radius 3 is 2.67 bits per heavy atom. The first-order valence-corrected chi connectivity index (χ1v) is 13.8. The van der Waals surface area contributed by atoms with E-state index in [9.17, 15) is 14.7 Å². The minimum Gasteiger partial charge on any atom is -0.477 e. The third-order valence-electron chi connectivity index (χ3n) is 7.66. The Kier molecular flexibility index (Phi) is 7.12. The molecule has 1 N–H and O–H groups in total. The van der Waals surface area contributed by atoms with Gasteiger partial charge in [-0.3, -0.25) is 9.78 Å². The maximum absolute atomic E-state index is 13.2. The van der Waals surface area contributed by atoms with Crippen LogP contribution in [0.5, 0.6) is 5.88 Å². The number of likely N-dealkylation sites (N-methyl/N-ethyl adjacent to an activating group) is 1. The molecule has 0 saturated carbocycles. The summed E-state index contributed by atoms with van der Waals surface area (Å²) in [5.74, 6) is -0.548. The summed E-state index contributed by atoms with van der Waals surface area (Å²) >= 11 is 13.0. The molecule has 2 aliphatic rings. The standard InChI is InChI=1S/C29H27Cl2N5O4/c1-34-13-17(14-34)24-7-6-18(12-33-24)36-15-21(29(38)39)27(37)20-10-23(31)26(11-25(20)36)35-9-3-4-19(35)16-40-28-22(30)5-2-8-32-28/h2,5-8,10-12,15,17,19H,3-4,9,13-14,16H2,1H3,(H,38,39)/t19-/m1/s1. The van der Waals surface area contributed by atoms with Crippen molar-refractivity contribution in [2.75, 3.05) is 38.2 Å². The Labute approximate surface area is 240 Å². The van der Waals surface area contributed by atoms with Gasteiger partial charge in [0.2, 0.25) is 11.3 Å². The predicted octanol–water partition coefficient (Wildman–Crippen LogP) is 4.86. The molecule has 40 heavy (non-hydrogen) atoms. The van der Waals surface area contributed by atoms with Crippen LogP contribution in [0.4, 0.5) is 5.69 Å². The largest absolute Gasteiger partial charge is 0.477 e. The van der Waals surface area contributed by atoms with Gasteiger partial charge in [0.1, 0.15) is 17.2 Å². The van der Waals surface area contributed by atoms with Crippen molar-refractivity contribution in [3.8, 4) is 11.6 Å². The molecule has 1 aromatic carbocycles. The van der Waals surface area contributed by atoms with Crippen LogP contribution in [0, 0.1) is 0 Å². The van der Waals surface area contributed by atoms with E-state index >= 15 is 0 Å². The topological polar surface area (TPSA) is 101 Å². The summed E-state index contributed by atoms with van der Waals surface area (Å²) in [5, 5.41) is 10.8. The first-order valence-electron chi connectivity index (χ1n) is 13.1. The van der Waals surface area contributed by atoms with Gasteiger partial charge in [0.15, 0.2) is 0 Å². The molecule has 0 spiro atoms. The van der Waals surface area contributed by atoms with E-state index in [1.165, 1.54) is 6.20 Å². The van der Waals surface area contributed by atoms with Gasteiger partial charge in [-0.15, -0.1) is 0 Å². The summed E-state index contributed by atoms with van der Waals surface area (Å²) in [4.78, 5) is 38.4. The number of carbonyl (C=O) groups is 1. The first-order chi connectivity index (χ1) is 19.3. The highest BCUT2D eigenvalue weighted by Gasteiger charge is 2.29. The molecule has 2 fully saturated rings. The van der Waals surface area contributed by atoms with E-state index in [0.29, 0.717) is 39.7 Å². The third-order valence-corrected chi connectivity index (χ3v) is 8.25. The summed E-state index contributed by atoms with van der Waals surface area (Å²) < 4.78 is 7.65. The molecule has 4 aromatic rings. The quantitative estimate of drug-likeness (QED) is 0.331. The van der Waals surface area contributed by atoms with Gasteiger partial charge < -0.3 is 24.2 Å². The van der Waals surface area contributed by atoms with Crippen molar-refractivity contribution >= 4 is 45.8 Å². The van der Waals surface area contributed by atoms with E-state index in [4.69, 9.17) is 27.9 Å². The number of hydrogen-bond donors (Lipinski definition) is 1. The van der Waals surface area contributed by atoms with Crippen LogP contribution in [0.2, 0.25) is 10.0 Å². The van der Waals surface area contributed by atoms with E-state index in [1.54, 1.807) is 35.2 Å². The molecule has 0 radical (unpaired) electrons.